The van der Waals surface area contributed by atoms with Crippen LogP contribution in [0.25, 0.3) is 0 Å². The van der Waals surface area contributed by atoms with Gasteiger partial charge in [-0.3, -0.25) is 50.0 Å². The van der Waals surface area contributed by atoms with Gasteiger partial charge in [-0.25, -0.2) is 0 Å². The van der Waals surface area contributed by atoms with Crippen molar-refractivity contribution in [3.05, 3.63) is 195 Å². The van der Waals surface area contributed by atoms with Crippen LogP contribution >= 0.6 is 11.6 Å². The molecule has 0 aromatic heterocycles. The first-order chi connectivity index (χ1) is 32.0. The number of ketones is 2. The molecule has 22 nitrogen and oxygen atoms in total. The minimum atomic E-state index is -0.871. The van der Waals surface area contributed by atoms with E-state index in [4.69, 9.17) is 46.2 Å². The number of carbonyl (C=O) groups excluding carboxylic acids is 2. The number of Topliss-reactive ketones (excluding diaryl/α,β-unsaturated/α-hetero) is 2. The lowest BCUT2D eigenvalue weighted by atomic mass is 10.1. The third kappa shape index (κ3) is 13.9. The highest BCUT2D eigenvalue weighted by molar-refractivity contribution is 6.17. The minimum Gasteiger partial charge on any atom is -0.504 e. The van der Waals surface area contributed by atoms with Gasteiger partial charge in [0.05, 0.1) is 42.3 Å². The van der Waals surface area contributed by atoms with E-state index in [1.165, 1.54) is 72.8 Å². The first-order valence-corrected chi connectivity index (χ1v) is 19.6. The number of halogens is 1. The third-order valence-corrected chi connectivity index (χ3v) is 9.35. The zero-order chi connectivity index (χ0) is 49.2. The summed E-state index contributed by atoms with van der Waals surface area (Å²) in [7, 11) is 0. The summed E-state index contributed by atoms with van der Waals surface area (Å²) in [6.45, 7) is -2.64. The number of aliphatic hydroxyl groups excluding tert-OH is 2. The van der Waals surface area contributed by atoms with Gasteiger partial charge in [-0.1, -0.05) is 54.6 Å². The number of rotatable bonds is 18. The molecule has 5 N–H and O–H groups in total. The number of phenolic OH excluding ortho intramolecular Hbond substituents is 3. The topological polar surface area (TPSA) is 336 Å². The fourth-order valence-corrected chi connectivity index (χ4v) is 5.96. The number of hydrogen-bond acceptors (Lipinski definition) is 18. The molecule has 0 heterocycles. The van der Waals surface area contributed by atoms with Crippen LogP contribution in [0.1, 0.15) is 43.0 Å². The number of nitro groups is 4. The second-order valence-electron chi connectivity index (χ2n) is 13.4. The molecule has 0 saturated heterocycles. The Labute approximate surface area is 382 Å². The number of aliphatic hydroxyl groups is 2. The van der Waals surface area contributed by atoms with Crippen molar-refractivity contribution < 1.29 is 69.0 Å². The number of aromatic hydroxyl groups is 3. The van der Waals surface area contributed by atoms with Crippen LogP contribution in [-0.2, 0) is 25.7 Å². The van der Waals surface area contributed by atoms with Crippen LogP contribution in [-0.4, -0.2) is 70.0 Å². The number of benzene rings is 6. The van der Waals surface area contributed by atoms with E-state index in [2.05, 4.69) is 0 Å². The van der Waals surface area contributed by atoms with E-state index in [1.807, 2.05) is 0 Å². The van der Waals surface area contributed by atoms with Crippen molar-refractivity contribution >= 4 is 45.9 Å². The largest absolute Gasteiger partial charge is 0.504 e. The Morgan fingerprint density at radius 1 is 0.478 bits per heavy atom. The molecule has 0 fully saturated rings. The van der Waals surface area contributed by atoms with Gasteiger partial charge in [-0.15, -0.1) is 11.6 Å². The summed E-state index contributed by atoms with van der Waals surface area (Å²) in [5.74, 6) is -3.48. The average Bonchev–Trinajstić information content (AvgIpc) is 3.33. The predicted molar refractivity (Wildman–Crippen MR) is 236 cm³/mol. The van der Waals surface area contributed by atoms with Crippen LogP contribution in [0.5, 0.6) is 34.5 Å². The Morgan fingerprint density at radius 3 is 1.09 bits per heavy atom. The number of para-hydroxylation sites is 4. The van der Waals surface area contributed by atoms with E-state index in [1.54, 1.807) is 36.4 Å². The van der Waals surface area contributed by atoms with Crippen LogP contribution in [0, 0.1) is 40.5 Å². The number of carbonyl (C=O) groups is 2. The number of phenols is 3. The van der Waals surface area contributed by atoms with Gasteiger partial charge in [0.2, 0.25) is 5.75 Å². The summed E-state index contributed by atoms with van der Waals surface area (Å²) < 4.78 is 17.7. The molecule has 0 aliphatic rings. The lowest BCUT2D eigenvalue weighted by Gasteiger charge is -2.19. The maximum absolute atomic E-state index is 12.5. The first-order valence-electron chi connectivity index (χ1n) is 19.1. The van der Waals surface area contributed by atoms with Crippen LogP contribution in [0.15, 0.2) is 121 Å². The second-order valence-corrected chi connectivity index (χ2v) is 13.6. The van der Waals surface area contributed by atoms with Gasteiger partial charge >= 0.3 is 0 Å². The summed E-state index contributed by atoms with van der Waals surface area (Å²) in [6, 6.07) is 28.3. The van der Waals surface area contributed by atoms with E-state index < -0.39 is 61.7 Å². The van der Waals surface area contributed by atoms with Gasteiger partial charge < -0.3 is 39.7 Å². The third-order valence-electron chi connectivity index (χ3n) is 9.06. The van der Waals surface area contributed by atoms with E-state index in [9.17, 15) is 55.2 Å². The Hall–Kier alpha value is -8.73. The van der Waals surface area contributed by atoms with Gasteiger partial charge in [0.15, 0.2) is 40.3 Å². The number of nitrogens with zero attached hydrogens (tertiary/aromatic N) is 4. The quantitative estimate of drug-likeness (QED) is 0.0182. The molecule has 23 heteroatoms. The number of alkyl halides is 1. The monoisotopic (exact) mass is 944 g/mol. The van der Waals surface area contributed by atoms with E-state index in [0.29, 0.717) is 5.56 Å². The second kappa shape index (κ2) is 24.4. The van der Waals surface area contributed by atoms with Crippen molar-refractivity contribution in [3.8, 4) is 34.5 Å². The molecule has 0 unspecified atom stereocenters. The number of ether oxygens (including phenoxy) is 3. The van der Waals surface area contributed by atoms with E-state index in [-0.39, 0.29) is 93.5 Å². The summed E-state index contributed by atoms with van der Waals surface area (Å²) in [6.07, 6.45) is 0. The molecule has 0 aliphatic carbocycles. The molecule has 348 valence electrons. The van der Waals surface area contributed by atoms with Gasteiger partial charge in [-0.2, -0.15) is 0 Å². The van der Waals surface area contributed by atoms with Crippen molar-refractivity contribution in [2.45, 2.75) is 25.7 Å². The molecule has 0 aliphatic heterocycles. The molecule has 0 atom stereocenters. The van der Waals surface area contributed by atoms with Crippen molar-refractivity contribution in [3.63, 3.8) is 0 Å². The Kier molecular flexibility index (Phi) is 18.5. The Bertz CT molecular complexity index is 2680. The highest BCUT2D eigenvalue weighted by Crippen LogP contribution is 2.42. The van der Waals surface area contributed by atoms with Crippen molar-refractivity contribution in [2.75, 3.05) is 13.2 Å². The molecule has 0 radical (unpaired) electrons. The molecular weight excluding hydrogens is 908 g/mol. The van der Waals surface area contributed by atoms with Gasteiger partial charge in [0.1, 0.15) is 33.0 Å². The Balaban J connectivity index is 0.000000330. The fourth-order valence-electron chi connectivity index (χ4n) is 5.74. The number of hydrogen-bond donors (Lipinski definition) is 5. The van der Waals surface area contributed by atoms with Crippen molar-refractivity contribution in [1.29, 1.82) is 0 Å². The molecule has 67 heavy (non-hydrogen) atoms. The first kappa shape index (κ1) is 50.9. The van der Waals surface area contributed by atoms with Crippen molar-refractivity contribution in [1.82, 2.24) is 0 Å². The normalized spacial score (nSPS) is 10.3. The minimum absolute atomic E-state index is 0.0599. The maximum Gasteiger partial charge on any atom is 0.276 e. The molecular formula is C44H37ClN4O18. The molecule has 6 rings (SSSR count). The lowest BCUT2D eigenvalue weighted by molar-refractivity contribution is -0.386. The molecule has 0 saturated carbocycles. The molecule has 0 bridgehead atoms. The molecule has 6 aromatic rings. The van der Waals surface area contributed by atoms with E-state index >= 15 is 0 Å². The zero-order valence-electron chi connectivity index (χ0n) is 34.5. The van der Waals surface area contributed by atoms with Crippen LogP contribution in [0.2, 0.25) is 0 Å². The highest BCUT2D eigenvalue weighted by atomic mass is 35.5. The zero-order valence-corrected chi connectivity index (χ0v) is 35.3. The van der Waals surface area contributed by atoms with Crippen LogP contribution in [0.4, 0.5) is 22.7 Å². The van der Waals surface area contributed by atoms with Crippen LogP contribution < -0.4 is 14.2 Å². The van der Waals surface area contributed by atoms with Crippen molar-refractivity contribution in [2.24, 2.45) is 0 Å². The van der Waals surface area contributed by atoms with E-state index in [0.717, 1.165) is 12.1 Å². The SMILES string of the molecule is O=C(CO)c1cc(O)c(O)c(O)c1.O=C(CO)c1cc(OCc2ccccc2[N+](=O)[O-])c(OCc2ccccc2[N+](=O)[O-])c(OCc2ccccc2[N+](=O)[O-])c1.O=[N+]([O-])c1ccccc1CCl. The van der Waals surface area contributed by atoms with Gasteiger partial charge in [0, 0.05) is 41.0 Å². The number of nitro benzene ring substituents is 4. The smallest absolute Gasteiger partial charge is 0.276 e. The highest BCUT2D eigenvalue weighted by Gasteiger charge is 2.23. The van der Waals surface area contributed by atoms with Crippen LogP contribution in [0.3, 0.4) is 0 Å². The van der Waals surface area contributed by atoms with Gasteiger partial charge in [0.25, 0.3) is 22.7 Å². The summed E-state index contributed by atoms with van der Waals surface area (Å²) in [4.78, 5) is 66.1. The Morgan fingerprint density at radius 2 is 0.776 bits per heavy atom. The average molecular weight is 945 g/mol. The summed E-state index contributed by atoms with van der Waals surface area (Å²) in [5.41, 5.74) is 0.418. The van der Waals surface area contributed by atoms with Gasteiger partial charge in [-0.05, 0) is 42.5 Å². The lowest BCUT2D eigenvalue weighted by Crippen LogP contribution is -2.10. The predicted octanol–water partition coefficient (Wildman–Crippen LogP) is 7.64. The summed E-state index contributed by atoms with van der Waals surface area (Å²) in [5, 5.41) is 89.7. The standard InChI is InChI=1S/C29H23N3O11.C8H8O5.C7H6ClNO2/c33-15-26(34)22-13-27(41-16-19-7-1-4-10-23(19)30(35)36)29(43-18-21-9-3-6-12-25(21)32(39)40)28(14-22)42-17-20-8-2-5-11-24(20)31(37)38;9-3-7(12)4-1-5(10)8(13)6(11)2-4;8-5-6-3-1-2-4-7(6)9(10)11/h1-14,33H,15-18H2;1-2,9-11,13H,3H2;1-4H,5H2. The molecule has 6 aromatic carbocycles. The maximum atomic E-state index is 12.5. The molecule has 0 amide bonds. The molecule has 0 spiro atoms. The fraction of sp³-hybridized carbons (Fsp3) is 0.136. The summed E-state index contributed by atoms with van der Waals surface area (Å²) >= 11 is 5.47.